The summed E-state index contributed by atoms with van der Waals surface area (Å²) in [5.74, 6) is 0. The molecule has 0 amide bonds. The van der Waals surface area contributed by atoms with Crippen molar-refractivity contribution in [2.24, 2.45) is 0 Å². The number of benzene rings is 15. The quantitative estimate of drug-likeness (QED) is 0.137. The van der Waals surface area contributed by atoms with Crippen LogP contribution in [0.5, 0.6) is 0 Å². The Labute approximate surface area is 686 Å². The highest BCUT2D eigenvalue weighted by Crippen LogP contribution is 2.46. The van der Waals surface area contributed by atoms with Gasteiger partial charge in [-0.15, -0.1) is 0 Å². The topological polar surface area (TPSA) is 164 Å². The van der Waals surface area contributed by atoms with Gasteiger partial charge in [0.1, 0.15) is 45.6 Å². The molecule has 0 spiro atoms. The molecule has 0 aliphatic rings. The number of aromatic nitrogens is 6. The van der Waals surface area contributed by atoms with Crippen molar-refractivity contribution in [1.82, 2.24) is 28.7 Å². The summed E-state index contributed by atoms with van der Waals surface area (Å²) in [7, 11) is 0. The molecule has 0 N–H and O–H groups in total. The average Bonchev–Trinajstić information content (AvgIpc) is 1.57. The van der Waals surface area contributed by atoms with E-state index < -0.39 is 0 Å². The molecule has 558 valence electrons. The first kappa shape index (κ1) is 69.7. The van der Waals surface area contributed by atoms with Gasteiger partial charge in [0, 0.05) is 101 Å². The molecule has 9 heterocycles. The molecule has 0 radical (unpaired) electrons. The molecule has 120 heavy (non-hydrogen) atoms. The van der Waals surface area contributed by atoms with Gasteiger partial charge in [0.25, 0.3) is 0 Å². The molecule has 0 fully saturated rings. The number of fused-ring (bicyclic) bond motifs is 21. The fourth-order valence-electron chi connectivity index (χ4n) is 17.5. The number of rotatable bonds is 9. The molecule has 0 aliphatic heterocycles. The minimum atomic E-state index is 0.559. The monoisotopic (exact) mass is 1530 g/mol. The molecule has 24 rings (SSSR count). The van der Waals surface area contributed by atoms with Gasteiger partial charge in [0.2, 0.25) is 0 Å². The van der Waals surface area contributed by atoms with Crippen molar-refractivity contribution in [1.29, 1.82) is 15.8 Å². The molecule has 24 aromatic rings. The lowest BCUT2D eigenvalue weighted by Gasteiger charge is -2.11. The summed E-state index contributed by atoms with van der Waals surface area (Å²) in [6, 6.07) is 132. The molecule has 9 aromatic heterocycles. The lowest BCUT2D eigenvalue weighted by molar-refractivity contribution is 0.672. The third kappa shape index (κ3) is 11.8. The Morgan fingerprint density at radius 3 is 1.02 bits per heavy atom. The van der Waals surface area contributed by atoms with Crippen molar-refractivity contribution >= 4 is 131 Å². The Kier molecular flexibility index (Phi) is 16.8. The van der Waals surface area contributed by atoms with E-state index in [1.54, 1.807) is 42.9 Å². The molecule has 12 nitrogen and oxygen atoms in total. The van der Waals surface area contributed by atoms with Crippen LogP contribution in [-0.4, -0.2) is 28.7 Å². The van der Waals surface area contributed by atoms with Crippen molar-refractivity contribution in [2.45, 2.75) is 0 Å². The van der Waals surface area contributed by atoms with Crippen LogP contribution in [0, 0.1) is 34.0 Å². The Balaban J connectivity index is 0.000000108. The van der Waals surface area contributed by atoms with E-state index in [9.17, 15) is 10.5 Å². The van der Waals surface area contributed by atoms with Crippen molar-refractivity contribution in [3.8, 4) is 102 Å². The second-order valence-electron chi connectivity index (χ2n) is 29.8. The minimum absolute atomic E-state index is 0.559. The zero-order valence-electron chi connectivity index (χ0n) is 64.1. The fraction of sp³-hybridized carbons (Fsp3) is 0. The van der Waals surface area contributed by atoms with Gasteiger partial charge in [0.15, 0.2) is 0 Å². The zero-order chi connectivity index (χ0) is 79.9. The number of nitrogens with zero attached hydrogens (tertiary/aromatic N) is 9. The molecule has 0 saturated heterocycles. The largest absolute Gasteiger partial charge is 0.455 e. The molecule has 0 aliphatic carbocycles. The van der Waals surface area contributed by atoms with Crippen molar-refractivity contribution < 1.29 is 13.3 Å². The van der Waals surface area contributed by atoms with E-state index in [0.717, 1.165) is 194 Å². The number of nitriles is 3. The molecular weight excluding hydrogens is 1470 g/mol. The standard InChI is InChI=1S/3C36H21N3O/c37-22-26-8-6-20-38-35(26)24-16-14-23(15-17-24)25-7-5-9-27(21-25)39-31-12-3-1-11-30(31)34-32(39)19-18-29-28-10-2-4-13-33(28)40-36(29)34;37-21-23-12-18-31(38-22-23)25-15-13-24(14-16-25)26-6-5-7-27(20-26)39-32-10-3-1-9-30(32)35-33(39)19-17-29-28-8-2-4-11-34(28)40-36(29)35;37-22-23-18-19-38-31(20-23)25-14-12-24(13-15-25)26-6-5-7-27(21-26)39-32-10-3-1-9-30(32)35-33(39)17-16-29-28-8-2-4-11-34(28)40-36(29)35/h1-21H;1-20,22H;1-21H. The number of furan rings is 3. The van der Waals surface area contributed by atoms with Crippen LogP contribution in [0.4, 0.5) is 0 Å². The molecule has 0 atom stereocenters. The third-order valence-corrected chi connectivity index (χ3v) is 23.1. The van der Waals surface area contributed by atoms with Gasteiger partial charge in [0.05, 0.1) is 89.1 Å². The van der Waals surface area contributed by atoms with E-state index in [-0.39, 0.29) is 0 Å². The second kappa shape index (κ2) is 28.8. The highest BCUT2D eigenvalue weighted by molar-refractivity contribution is 6.27. The Morgan fingerprint density at radius 2 is 0.617 bits per heavy atom. The predicted octanol–water partition coefficient (Wildman–Crippen LogP) is 27.9. The van der Waals surface area contributed by atoms with Crippen LogP contribution in [0.25, 0.3) is 215 Å². The second-order valence-corrected chi connectivity index (χ2v) is 29.8. The molecule has 0 saturated carbocycles. The van der Waals surface area contributed by atoms with Crippen LogP contribution < -0.4 is 0 Å². The number of hydrogen-bond acceptors (Lipinski definition) is 9. The Morgan fingerprint density at radius 1 is 0.233 bits per heavy atom. The van der Waals surface area contributed by atoms with Gasteiger partial charge < -0.3 is 27.0 Å². The fourth-order valence-corrected chi connectivity index (χ4v) is 17.5. The molecule has 0 bridgehead atoms. The van der Waals surface area contributed by atoms with Crippen molar-refractivity contribution in [3.63, 3.8) is 0 Å². The van der Waals surface area contributed by atoms with Gasteiger partial charge in [-0.1, -0.05) is 218 Å². The average molecular weight is 1530 g/mol. The van der Waals surface area contributed by atoms with Gasteiger partial charge in [-0.25, -0.2) is 0 Å². The first-order valence-electron chi connectivity index (χ1n) is 39.6. The van der Waals surface area contributed by atoms with Crippen LogP contribution >= 0.6 is 0 Å². The lowest BCUT2D eigenvalue weighted by Crippen LogP contribution is -1.94. The van der Waals surface area contributed by atoms with Gasteiger partial charge in [-0.05, 0) is 179 Å². The minimum Gasteiger partial charge on any atom is -0.455 e. The highest BCUT2D eigenvalue weighted by Gasteiger charge is 2.24. The lowest BCUT2D eigenvalue weighted by atomic mass is 10.0. The first-order valence-corrected chi connectivity index (χ1v) is 39.6. The summed E-state index contributed by atoms with van der Waals surface area (Å²) in [4.78, 5) is 13.3. The Bertz CT molecular complexity index is 8390. The summed E-state index contributed by atoms with van der Waals surface area (Å²) < 4.78 is 26.3. The predicted molar refractivity (Wildman–Crippen MR) is 484 cm³/mol. The number of pyridine rings is 3. The smallest absolute Gasteiger partial charge is 0.145 e. The summed E-state index contributed by atoms with van der Waals surface area (Å²) >= 11 is 0. The van der Waals surface area contributed by atoms with Gasteiger partial charge in [-0.2, -0.15) is 15.8 Å². The zero-order valence-corrected chi connectivity index (χ0v) is 64.1. The van der Waals surface area contributed by atoms with E-state index in [1.165, 1.54) is 16.2 Å². The van der Waals surface area contributed by atoms with E-state index in [2.05, 4.69) is 326 Å². The maximum absolute atomic E-state index is 9.48. The third-order valence-electron chi connectivity index (χ3n) is 23.1. The summed E-state index contributed by atoms with van der Waals surface area (Å²) in [6.45, 7) is 0. The SMILES string of the molecule is N#Cc1ccc(-c2ccc(-c3cccc(-n4c5ccccc5c5c6oc7ccccc7c6ccc54)c3)cc2)nc1.N#Cc1cccnc1-c1ccc(-c2cccc(-n3c4ccccc4c4c5oc6ccccc6c5ccc43)c2)cc1.N#Cc1ccnc(-c2ccc(-c3cccc(-n4c5ccccc5c5c6oc7ccccc7c6ccc54)c3)cc2)c1. The summed E-state index contributed by atoms with van der Waals surface area (Å²) in [5, 5.41) is 41.5. The number of para-hydroxylation sites is 6. The molecule has 12 heteroatoms. The van der Waals surface area contributed by atoms with Crippen LogP contribution in [0.2, 0.25) is 0 Å². The number of hydrogen-bond donors (Lipinski definition) is 0. The van der Waals surface area contributed by atoms with Crippen LogP contribution in [0.1, 0.15) is 16.7 Å². The van der Waals surface area contributed by atoms with E-state index in [1.807, 2.05) is 60.7 Å². The summed E-state index contributed by atoms with van der Waals surface area (Å²) in [6.07, 6.45) is 5.01. The normalized spacial score (nSPS) is 11.5. The van der Waals surface area contributed by atoms with Crippen LogP contribution in [-0.2, 0) is 0 Å². The first-order chi connectivity index (χ1) is 59.4. The van der Waals surface area contributed by atoms with Crippen molar-refractivity contribution in [2.75, 3.05) is 0 Å². The molecule has 0 unspecified atom stereocenters. The summed E-state index contributed by atoms with van der Waals surface area (Å²) in [5.41, 5.74) is 29.2. The van der Waals surface area contributed by atoms with Crippen LogP contribution in [0.15, 0.2) is 396 Å². The maximum atomic E-state index is 9.48. The molecular formula is C108H63N9O3. The van der Waals surface area contributed by atoms with Gasteiger partial charge in [-0.3, -0.25) is 15.0 Å². The van der Waals surface area contributed by atoms with Gasteiger partial charge >= 0.3 is 0 Å². The van der Waals surface area contributed by atoms with Crippen molar-refractivity contribution in [3.05, 3.63) is 399 Å². The van der Waals surface area contributed by atoms with E-state index in [0.29, 0.717) is 22.4 Å². The van der Waals surface area contributed by atoms with Crippen LogP contribution in [0.3, 0.4) is 0 Å². The maximum Gasteiger partial charge on any atom is 0.145 e. The Hall–Kier alpha value is -17.0. The highest BCUT2D eigenvalue weighted by atomic mass is 16.3. The van der Waals surface area contributed by atoms with E-state index >= 15 is 0 Å². The van der Waals surface area contributed by atoms with E-state index in [4.69, 9.17) is 18.5 Å². The molecule has 15 aromatic carbocycles.